The van der Waals surface area contributed by atoms with E-state index in [1.807, 2.05) is 0 Å². The summed E-state index contributed by atoms with van der Waals surface area (Å²) in [6, 6.07) is 4.51. The van der Waals surface area contributed by atoms with Crippen molar-refractivity contribution >= 4 is 16.9 Å². The summed E-state index contributed by atoms with van der Waals surface area (Å²) in [5.74, 6) is -1.70. The van der Waals surface area contributed by atoms with Crippen LogP contribution in [0.4, 0.5) is 14.7 Å². The number of aromatic nitrogens is 3. The van der Waals surface area contributed by atoms with Gasteiger partial charge in [0.2, 0.25) is 5.95 Å². The lowest BCUT2D eigenvalue weighted by Crippen LogP contribution is -2.18. The number of hydrogen-bond donors (Lipinski definition) is 1. The smallest absolute Gasteiger partial charge is 0.253 e. The molecule has 146 valence electrons. The molecule has 0 saturated carbocycles. The van der Waals surface area contributed by atoms with Gasteiger partial charge in [-0.15, -0.1) is 0 Å². The van der Waals surface area contributed by atoms with Gasteiger partial charge in [0.15, 0.2) is 17.3 Å². The summed E-state index contributed by atoms with van der Waals surface area (Å²) >= 11 is 0. The maximum atomic E-state index is 14.0. The van der Waals surface area contributed by atoms with Crippen LogP contribution in [0.1, 0.15) is 5.56 Å². The van der Waals surface area contributed by atoms with Gasteiger partial charge in [-0.25, -0.2) is 23.0 Å². The lowest BCUT2D eigenvalue weighted by Gasteiger charge is -2.13. The normalized spacial score (nSPS) is 11.9. The minimum atomic E-state index is -1.42. The van der Waals surface area contributed by atoms with Crippen LogP contribution < -0.4 is 15.0 Å². The van der Waals surface area contributed by atoms with E-state index in [2.05, 4.69) is 14.7 Å². The number of halogens is 2. The molecule has 0 radical (unpaired) electrons. The Morgan fingerprint density at radius 3 is 2.61 bits per heavy atom. The average Bonchev–Trinajstić information content (AvgIpc) is 2.62. The van der Waals surface area contributed by atoms with E-state index in [-0.39, 0.29) is 28.7 Å². The highest BCUT2D eigenvalue weighted by Crippen LogP contribution is 2.33. The highest BCUT2D eigenvalue weighted by atomic mass is 32.2. The summed E-state index contributed by atoms with van der Waals surface area (Å²) < 4.78 is 48.1. The molecule has 1 atom stereocenters. The van der Waals surface area contributed by atoms with Crippen LogP contribution in [0.5, 0.6) is 11.5 Å². The van der Waals surface area contributed by atoms with Gasteiger partial charge in [-0.2, -0.15) is 0 Å². The second-order valence-electron chi connectivity index (χ2n) is 5.97. The molecule has 10 heteroatoms. The van der Waals surface area contributed by atoms with Crippen LogP contribution in [0, 0.1) is 18.6 Å². The molecule has 0 saturated heterocycles. The van der Waals surface area contributed by atoms with Gasteiger partial charge in [-0.1, -0.05) is 0 Å². The number of hydrogen-bond acceptors (Lipinski definition) is 5. The fourth-order valence-corrected chi connectivity index (χ4v) is 2.87. The maximum absolute atomic E-state index is 14.0. The van der Waals surface area contributed by atoms with Gasteiger partial charge in [-0.3, -0.25) is 9.52 Å². The van der Waals surface area contributed by atoms with Crippen molar-refractivity contribution in [3.8, 4) is 22.8 Å². The summed E-state index contributed by atoms with van der Waals surface area (Å²) in [6.45, 7) is 1.65. The van der Waals surface area contributed by atoms with Crippen LogP contribution >= 0.6 is 0 Å². The van der Waals surface area contributed by atoms with E-state index in [0.717, 1.165) is 12.1 Å². The van der Waals surface area contributed by atoms with Gasteiger partial charge in [0.1, 0.15) is 22.5 Å². The van der Waals surface area contributed by atoms with E-state index < -0.39 is 22.6 Å². The lowest BCUT2D eigenvalue weighted by molar-refractivity contribution is 0.436. The van der Waals surface area contributed by atoms with Crippen LogP contribution in [0.2, 0.25) is 0 Å². The number of benzene rings is 1. The van der Waals surface area contributed by atoms with E-state index in [0.29, 0.717) is 17.2 Å². The van der Waals surface area contributed by atoms with Gasteiger partial charge in [-0.05, 0) is 25.1 Å². The Hall–Kier alpha value is -3.14. The summed E-state index contributed by atoms with van der Waals surface area (Å²) in [7, 11) is 0.167. The third-order valence-corrected chi connectivity index (χ3v) is 4.21. The Morgan fingerprint density at radius 1 is 1.21 bits per heavy atom. The van der Waals surface area contributed by atoms with Crippen molar-refractivity contribution in [2.45, 2.75) is 6.92 Å². The Labute approximate surface area is 161 Å². The Bertz CT molecular complexity index is 1110. The van der Waals surface area contributed by atoms with Crippen LogP contribution in [0.3, 0.4) is 0 Å². The van der Waals surface area contributed by atoms with Crippen LogP contribution in [0.25, 0.3) is 11.3 Å². The molecule has 2 heterocycles. The Balaban J connectivity index is 2.14. The van der Waals surface area contributed by atoms with E-state index in [9.17, 15) is 17.8 Å². The molecular formula is C18H16F2N4O3S. The molecule has 1 unspecified atom stereocenters. The largest absolute Gasteiger partial charge is 0.450 e. The second kappa shape index (κ2) is 7.85. The van der Waals surface area contributed by atoms with Crippen LogP contribution in [-0.2, 0) is 18.0 Å². The molecule has 0 amide bonds. The predicted molar refractivity (Wildman–Crippen MR) is 102 cm³/mol. The molecule has 28 heavy (non-hydrogen) atoms. The molecule has 0 aliphatic rings. The van der Waals surface area contributed by atoms with Gasteiger partial charge >= 0.3 is 0 Å². The van der Waals surface area contributed by atoms with Gasteiger partial charge in [0.25, 0.3) is 5.56 Å². The van der Waals surface area contributed by atoms with Crippen LogP contribution in [-0.4, -0.2) is 25.0 Å². The number of rotatable bonds is 5. The molecule has 1 aromatic carbocycles. The van der Waals surface area contributed by atoms with Crippen molar-refractivity contribution in [3.05, 3.63) is 64.2 Å². The summed E-state index contributed by atoms with van der Waals surface area (Å²) in [6.07, 6.45) is 4.23. The number of nitrogens with zero attached hydrogens (tertiary/aromatic N) is 3. The zero-order valence-corrected chi connectivity index (χ0v) is 16.0. The molecule has 0 fully saturated rings. The maximum Gasteiger partial charge on any atom is 0.253 e. The molecule has 7 nitrogen and oxygen atoms in total. The standard InChI is InChI=1S/C18H16F2N4O3S/c1-10-6-11(9-24(2)17(10)25)16-15(8-21-18(22-16)23-28(3)26)27-14-5-4-12(19)7-13(14)20/h4-9H,1-3H3,(H,21,22,23). The zero-order chi connectivity index (χ0) is 20.4. The highest BCUT2D eigenvalue weighted by molar-refractivity contribution is 7.85. The molecule has 2 aromatic heterocycles. The molecule has 3 aromatic rings. The lowest BCUT2D eigenvalue weighted by atomic mass is 10.1. The van der Waals surface area contributed by atoms with Crippen LogP contribution in [0.15, 0.2) is 41.5 Å². The molecule has 0 spiro atoms. The molecular weight excluding hydrogens is 390 g/mol. The monoisotopic (exact) mass is 406 g/mol. The first kappa shape index (κ1) is 19.6. The minimum Gasteiger partial charge on any atom is -0.450 e. The number of nitrogens with one attached hydrogen (secondary N) is 1. The third kappa shape index (κ3) is 4.22. The predicted octanol–water partition coefficient (Wildman–Crippen LogP) is 2.93. The van der Waals surface area contributed by atoms with E-state index in [4.69, 9.17) is 4.74 Å². The quantitative estimate of drug-likeness (QED) is 0.704. The summed E-state index contributed by atoms with van der Waals surface area (Å²) in [5, 5.41) is 0. The number of ether oxygens (including phenoxy) is 1. The Kier molecular flexibility index (Phi) is 5.50. The van der Waals surface area contributed by atoms with Gasteiger partial charge in [0.05, 0.1) is 6.20 Å². The Morgan fingerprint density at radius 2 is 1.96 bits per heavy atom. The van der Waals surface area contributed by atoms with Gasteiger partial charge < -0.3 is 9.30 Å². The molecule has 1 N–H and O–H groups in total. The first-order valence-electron chi connectivity index (χ1n) is 8.02. The first-order valence-corrected chi connectivity index (χ1v) is 9.58. The van der Waals surface area contributed by atoms with E-state index >= 15 is 0 Å². The first-order chi connectivity index (χ1) is 13.2. The highest BCUT2D eigenvalue weighted by Gasteiger charge is 2.16. The fraction of sp³-hybridized carbons (Fsp3) is 0.167. The molecule has 0 aliphatic heterocycles. The molecule has 0 aliphatic carbocycles. The van der Waals surface area contributed by atoms with Crippen molar-refractivity contribution in [1.82, 2.24) is 14.5 Å². The van der Waals surface area contributed by atoms with Crippen molar-refractivity contribution in [2.24, 2.45) is 7.05 Å². The number of aryl methyl sites for hydroxylation is 2. The van der Waals surface area contributed by atoms with E-state index in [1.54, 1.807) is 20.0 Å². The fourth-order valence-electron chi connectivity index (χ4n) is 2.51. The average molecular weight is 406 g/mol. The number of pyridine rings is 1. The minimum absolute atomic E-state index is 0.0641. The molecule has 3 rings (SSSR count). The van der Waals surface area contributed by atoms with Crippen molar-refractivity contribution < 1.29 is 17.7 Å². The summed E-state index contributed by atoms with van der Waals surface area (Å²) in [4.78, 5) is 20.3. The van der Waals surface area contributed by atoms with Gasteiger partial charge in [0, 0.05) is 36.7 Å². The zero-order valence-electron chi connectivity index (χ0n) is 15.2. The number of anilines is 1. The SMILES string of the molecule is Cc1cc(-c2nc(NS(C)=O)ncc2Oc2ccc(F)cc2F)cn(C)c1=O. The second-order valence-corrected chi connectivity index (χ2v) is 7.08. The summed E-state index contributed by atoms with van der Waals surface area (Å²) in [5.41, 5.74) is 1.03. The topological polar surface area (TPSA) is 86.1 Å². The van der Waals surface area contributed by atoms with Crippen molar-refractivity contribution in [1.29, 1.82) is 0 Å². The third-order valence-electron chi connectivity index (χ3n) is 3.74. The van der Waals surface area contributed by atoms with Crippen molar-refractivity contribution in [3.63, 3.8) is 0 Å². The van der Waals surface area contributed by atoms with E-state index in [1.165, 1.54) is 23.2 Å². The van der Waals surface area contributed by atoms with Crippen molar-refractivity contribution in [2.75, 3.05) is 11.0 Å². The molecule has 0 bridgehead atoms.